The van der Waals surface area contributed by atoms with Gasteiger partial charge in [0.1, 0.15) is 5.82 Å². The first-order valence-corrected chi connectivity index (χ1v) is 9.40. The van der Waals surface area contributed by atoms with Gasteiger partial charge in [-0.2, -0.15) is 0 Å². The Morgan fingerprint density at radius 3 is 2.88 bits per heavy atom. The molecule has 0 bridgehead atoms. The molecule has 3 rings (SSSR count). The molecule has 0 saturated heterocycles. The van der Waals surface area contributed by atoms with E-state index in [1.165, 1.54) is 18.2 Å². The Bertz CT molecular complexity index is 985. The van der Waals surface area contributed by atoms with E-state index in [1.807, 2.05) is 0 Å². The first kappa shape index (κ1) is 17.5. The molecule has 12 heteroatoms. The van der Waals surface area contributed by atoms with E-state index in [0.717, 1.165) is 4.57 Å². The highest BCUT2D eigenvalue weighted by atomic mass is 79.9. The van der Waals surface area contributed by atoms with Gasteiger partial charge in [-0.15, -0.1) is 0 Å². The molecule has 1 N–H and O–H groups in total. The van der Waals surface area contributed by atoms with E-state index in [9.17, 15) is 13.4 Å². The number of anilines is 1. The topological polar surface area (TPSA) is 116 Å². The molecule has 9 nitrogen and oxygen atoms in total. The summed E-state index contributed by atoms with van der Waals surface area (Å²) in [7, 11) is -0.986. The zero-order valence-electron chi connectivity index (χ0n) is 12.7. The molecule has 0 saturated carbocycles. The van der Waals surface area contributed by atoms with Gasteiger partial charge < -0.3 is 5.32 Å². The minimum absolute atomic E-state index is 0.0266. The summed E-state index contributed by atoms with van der Waals surface area (Å²) in [6, 6.07) is 3.79. The summed E-state index contributed by atoms with van der Waals surface area (Å²) < 4.78 is 35.3. The van der Waals surface area contributed by atoms with Crippen LogP contribution in [-0.2, 0) is 10.8 Å². The molecule has 0 aliphatic carbocycles. The molecular formula is C13H11BrFN5O4S. The van der Waals surface area contributed by atoms with E-state index in [2.05, 4.69) is 36.7 Å². The smallest absolute Gasteiger partial charge is 0.364 e. The Morgan fingerprint density at radius 1 is 1.36 bits per heavy atom. The van der Waals surface area contributed by atoms with Gasteiger partial charge in [0.2, 0.25) is 11.6 Å². The number of nitrogens with zero attached hydrogens (tertiary/aromatic N) is 4. The van der Waals surface area contributed by atoms with Crippen molar-refractivity contribution in [3.05, 3.63) is 39.0 Å². The van der Waals surface area contributed by atoms with Crippen molar-refractivity contribution in [1.29, 1.82) is 0 Å². The monoisotopic (exact) mass is 431 g/mol. The Balaban J connectivity index is 2.02. The molecule has 25 heavy (non-hydrogen) atoms. The molecule has 0 amide bonds. The highest BCUT2D eigenvalue weighted by Crippen LogP contribution is 2.27. The third kappa shape index (κ3) is 3.69. The lowest BCUT2D eigenvalue weighted by Crippen LogP contribution is -2.15. The van der Waals surface area contributed by atoms with Crippen LogP contribution in [-0.4, -0.2) is 42.8 Å². The molecule has 1 unspecified atom stereocenters. The van der Waals surface area contributed by atoms with E-state index in [1.54, 1.807) is 6.26 Å². The summed E-state index contributed by atoms with van der Waals surface area (Å²) in [5.41, 5.74) is 0.440. The van der Waals surface area contributed by atoms with Crippen LogP contribution in [0.4, 0.5) is 10.2 Å². The third-order valence-corrected chi connectivity index (χ3v) is 4.55. The van der Waals surface area contributed by atoms with Crippen LogP contribution in [0, 0.1) is 5.82 Å². The Labute approximate surface area is 150 Å². The molecule has 132 valence electrons. The normalized spacial score (nSPS) is 12.3. The van der Waals surface area contributed by atoms with Gasteiger partial charge in [0.15, 0.2) is 5.69 Å². The van der Waals surface area contributed by atoms with Crippen LogP contribution in [0.1, 0.15) is 0 Å². The number of benzene rings is 1. The average molecular weight is 432 g/mol. The lowest BCUT2D eigenvalue weighted by Gasteiger charge is -2.06. The maximum atomic E-state index is 13.3. The van der Waals surface area contributed by atoms with Crippen molar-refractivity contribution >= 4 is 32.5 Å². The van der Waals surface area contributed by atoms with Gasteiger partial charge in [-0.1, -0.05) is 5.16 Å². The predicted molar refractivity (Wildman–Crippen MR) is 90.5 cm³/mol. The fourth-order valence-electron chi connectivity index (χ4n) is 2.04. The third-order valence-electron chi connectivity index (χ3n) is 3.14. The van der Waals surface area contributed by atoms with E-state index in [4.69, 9.17) is 9.15 Å². The fourth-order valence-corrected chi connectivity index (χ4v) is 2.96. The maximum Gasteiger partial charge on any atom is 0.446 e. The lowest BCUT2D eigenvalue weighted by molar-refractivity contribution is 0.309. The number of halogens is 2. The van der Waals surface area contributed by atoms with Gasteiger partial charge in [0.25, 0.3) is 0 Å². The van der Waals surface area contributed by atoms with Crippen LogP contribution in [0.5, 0.6) is 0 Å². The molecule has 2 aromatic heterocycles. The second kappa shape index (κ2) is 7.27. The van der Waals surface area contributed by atoms with Crippen LogP contribution in [0.2, 0.25) is 0 Å². The summed E-state index contributed by atoms with van der Waals surface area (Å²) in [6.07, 6.45) is 1.57. The number of hydrogen-bond acceptors (Lipinski definition) is 8. The molecule has 2 heterocycles. The summed E-state index contributed by atoms with van der Waals surface area (Å²) in [6.45, 7) is 0.354. The van der Waals surface area contributed by atoms with Crippen LogP contribution in [0.15, 0.2) is 36.6 Å². The summed E-state index contributed by atoms with van der Waals surface area (Å²) in [5.74, 6) is -0.628. The largest absolute Gasteiger partial charge is 0.446 e. The maximum absolute atomic E-state index is 13.3. The Hall–Kier alpha value is -2.34. The zero-order chi connectivity index (χ0) is 18.0. The minimum atomic E-state index is -0.986. The minimum Gasteiger partial charge on any atom is -0.364 e. The average Bonchev–Trinajstić information content (AvgIpc) is 3.14. The zero-order valence-corrected chi connectivity index (χ0v) is 15.1. The van der Waals surface area contributed by atoms with Gasteiger partial charge in [0.05, 0.1) is 5.69 Å². The van der Waals surface area contributed by atoms with Crippen LogP contribution >= 0.6 is 15.9 Å². The molecular weight excluding hydrogens is 421 g/mol. The van der Waals surface area contributed by atoms with Crippen molar-refractivity contribution in [2.24, 2.45) is 0 Å². The molecule has 1 atom stereocenters. The van der Waals surface area contributed by atoms with E-state index in [0.29, 0.717) is 22.5 Å². The summed E-state index contributed by atoms with van der Waals surface area (Å²) >= 11 is 3.20. The van der Waals surface area contributed by atoms with Crippen LogP contribution in [0.3, 0.4) is 0 Å². The van der Waals surface area contributed by atoms with Crippen molar-refractivity contribution in [2.75, 3.05) is 23.9 Å². The van der Waals surface area contributed by atoms with Gasteiger partial charge >= 0.3 is 5.76 Å². The quantitative estimate of drug-likeness (QED) is 0.624. The number of nitrogens with one attached hydrogen (secondary N) is 1. The van der Waals surface area contributed by atoms with Crippen molar-refractivity contribution in [3.63, 3.8) is 0 Å². The number of hydrogen-bond donors (Lipinski definition) is 1. The highest BCUT2D eigenvalue weighted by Gasteiger charge is 2.23. The molecule has 0 radical (unpaired) electrons. The summed E-state index contributed by atoms with van der Waals surface area (Å²) in [4.78, 5) is 12.1. The van der Waals surface area contributed by atoms with Crippen molar-refractivity contribution in [2.45, 2.75) is 0 Å². The molecule has 0 aliphatic heterocycles. The fraction of sp³-hybridized carbons (Fsp3) is 0.231. The van der Waals surface area contributed by atoms with Gasteiger partial charge in [-0.3, -0.25) is 8.73 Å². The Morgan fingerprint density at radius 2 is 2.16 bits per heavy atom. The second-order valence-electron chi connectivity index (χ2n) is 4.87. The highest BCUT2D eigenvalue weighted by molar-refractivity contribution is 9.10. The first-order valence-electron chi connectivity index (χ1n) is 6.88. The molecule has 0 aliphatic rings. The molecule has 0 spiro atoms. The molecule has 0 fully saturated rings. The van der Waals surface area contributed by atoms with E-state index >= 15 is 0 Å². The van der Waals surface area contributed by atoms with Gasteiger partial charge in [-0.25, -0.2) is 18.4 Å². The molecule has 1 aromatic carbocycles. The van der Waals surface area contributed by atoms with Gasteiger partial charge in [-0.05, 0) is 44.4 Å². The van der Waals surface area contributed by atoms with Crippen molar-refractivity contribution in [1.82, 2.24) is 20.0 Å². The standard InChI is InChI=1S/C13H11BrFN5O4S/c1-25(22)5-4-16-11-10(17-24-18-11)12-19-23-13(21)20(12)9-3-2-7(15)6-8(9)14/h2-3,6H,4-5H2,1H3,(H,16,18). The summed E-state index contributed by atoms with van der Waals surface area (Å²) in [5, 5.41) is 14.0. The number of aromatic nitrogens is 4. The van der Waals surface area contributed by atoms with Crippen LogP contribution in [0.25, 0.3) is 17.2 Å². The second-order valence-corrected chi connectivity index (χ2v) is 7.28. The van der Waals surface area contributed by atoms with Crippen molar-refractivity contribution in [3.8, 4) is 17.2 Å². The SMILES string of the molecule is CS(=O)CCNc1nonc1-c1noc(=O)n1-c1ccc(F)cc1Br. The van der Waals surface area contributed by atoms with E-state index < -0.39 is 22.4 Å². The lowest BCUT2D eigenvalue weighted by atomic mass is 10.3. The predicted octanol–water partition coefficient (Wildman–Crippen LogP) is 1.57. The van der Waals surface area contributed by atoms with Gasteiger partial charge in [0, 0.05) is 33.8 Å². The first-order chi connectivity index (χ1) is 12.0. The van der Waals surface area contributed by atoms with E-state index in [-0.39, 0.29) is 17.3 Å². The Kier molecular flexibility index (Phi) is 5.08. The molecule has 3 aromatic rings. The number of rotatable bonds is 6. The van der Waals surface area contributed by atoms with Crippen LogP contribution < -0.4 is 11.1 Å². The van der Waals surface area contributed by atoms with Crippen molar-refractivity contribution < 1.29 is 17.8 Å².